The van der Waals surface area contributed by atoms with E-state index in [0.29, 0.717) is 0 Å². The lowest BCUT2D eigenvalue weighted by Crippen LogP contribution is -2.09. The molecule has 2 nitrogen and oxygen atoms in total. The molecule has 2 N–H and O–H groups in total. The minimum atomic E-state index is 0.745. The van der Waals surface area contributed by atoms with Crippen molar-refractivity contribution in [1.29, 1.82) is 0 Å². The first-order chi connectivity index (χ1) is 4.43. The van der Waals surface area contributed by atoms with Gasteiger partial charge in [-0.25, -0.2) is 0 Å². The van der Waals surface area contributed by atoms with Crippen LogP contribution < -0.4 is 5.73 Å². The Morgan fingerprint density at radius 2 is 2.56 bits per heavy atom. The fourth-order valence-corrected chi connectivity index (χ4v) is 0.968. The molecule has 0 aromatic rings. The Morgan fingerprint density at radius 3 is 3.11 bits per heavy atom. The van der Waals surface area contributed by atoms with Crippen LogP contribution in [0.3, 0.4) is 0 Å². The Morgan fingerprint density at radius 1 is 1.67 bits per heavy atom. The van der Waals surface area contributed by atoms with Crippen molar-refractivity contribution in [2.24, 2.45) is 5.73 Å². The molecule has 0 fully saturated rings. The lowest BCUT2D eigenvalue weighted by molar-refractivity contribution is 0.148. The van der Waals surface area contributed by atoms with Crippen molar-refractivity contribution >= 4 is 0 Å². The van der Waals surface area contributed by atoms with E-state index in [2.05, 4.69) is 6.08 Å². The molecule has 9 heavy (non-hydrogen) atoms. The van der Waals surface area contributed by atoms with E-state index in [-0.39, 0.29) is 0 Å². The molecule has 0 atom stereocenters. The third kappa shape index (κ3) is 2.16. The van der Waals surface area contributed by atoms with Crippen LogP contribution in [0.1, 0.15) is 12.8 Å². The highest BCUT2D eigenvalue weighted by molar-refractivity contribution is 5.04. The predicted molar refractivity (Wildman–Crippen MR) is 37.2 cm³/mol. The molecule has 0 saturated heterocycles. The molecule has 1 aliphatic heterocycles. The first-order valence-electron chi connectivity index (χ1n) is 3.39. The van der Waals surface area contributed by atoms with E-state index >= 15 is 0 Å². The van der Waals surface area contributed by atoms with Crippen LogP contribution in [0.25, 0.3) is 0 Å². The standard InChI is InChI=1S/C7H13NO/c8-4-3-7-2-1-5-9-6-7/h2H,1,3-6,8H2. The molecule has 0 radical (unpaired) electrons. The van der Waals surface area contributed by atoms with Crippen molar-refractivity contribution in [1.82, 2.24) is 0 Å². The van der Waals surface area contributed by atoms with Crippen LogP contribution in [0, 0.1) is 0 Å². The smallest absolute Gasteiger partial charge is 0.0677 e. The van der Waals surface area contributed by atoms with Crippen molar-refractivity contribution in [2.45, 2.75) is 12.8 Å². The van der Waals surface area contributed by atoms with Crippen LogP contribution in [0.15, 0.2) is 11.6 Å². The van der Waals surface area contributed by atoms with E-state index in [1.807, 2.05) is 0 Å². The molecule has 52 valence electrons. The van der Waals surface area contributed by atoms with Crippen molar-refractivity contribution in [3.8, 4) is 0 Å². The molecule has 0 aromatic heterocycles. The number of nitrogens with two attached hydrogens (primary N) is 1. The Hall–Kier alpha value is -0.340. The molecule has 1 rings (SSSR count). The highest BCUT2D eigenvalue weighted by Gasteiger charge is 2.00. The summed E-state index contributed by atoms with van der Waals surface area (Å²) in [7, 11) is 0. The molecule has 0 aromatic carbocycles. The van der Waals surface area contributed by atoms with Gasteiger partial charge in [-0.2, -0.15) is 0 Å². The van der Waals surface area contributed by atoms with Gasteiger partial charge in [-0.3, -0.25) is 0 Å². The molecule has 0 amide bonds. The highest BCUT2D eigenvalue weighted by Crippen LogP contribution is 2.07. The van der Waals surface area contributed by atoms with Gasteiger partial charge in [0, 0.05) is 0 Å². The largest absolute Gasteiger partial charge is 0.377 e. The first-order valence-corrected chi connectivity index (χ1v) is 3.39. The second-order valence-electron chi connectivity index (χ2n) is 2.24. The fourth-order valence-electron chi connectivity index (χ4n) is 0.968. The maximum absolute atomic E-state index is 5.36. The lowest BCUT2D eigenvalue weighted by Gasteiger charge is -2.11. The Labute approximate surface area is 55.7 Å². The van der Waals surface area contributed by atoms with Crippen LogP contribution in [0.2, 0.25) is 0 Å². The molecule has 0 saturated carbocycles. The summed E-state index contributed by atoms with van der Waals surface area (Å²) < 4.78 is 5.21. The number of ether oxygens (including phenoxy) is 1. The second-order valence-corrected chi connectivity index (χ2v) is 2.24. The summed E-state index contributed by atoms with van der Waals surface area (Å²) in [5, 5.41) is 0. The zero-order valence-corrected chi connectivity index (χ0v) is 5.60. The number of hydrogen-bond acceptors (Lipinski definition) is 2. The molecule has 0 unspecified atom stereocenters. The highest BCUT2D eigenvalue weighted by atomic mass is 16.5. The van der Waals surface area contributed by atoms with Gasteiger partial charge in [0.15, 0.2) is 0 Å². The van der Waals surface area contributed by atoms with Gasteiger partial charge in [0.1, 0.15) is 0 Å². The molecule has 2 heteroatoms. The van der Waals surface area contributed by atoms with E-state index < -0.39 is 0 Å². The van der Waals surface area contributed by atoms with Crippen molar-refractivity contribution in [3.63, 3.8) is 0 Å². The summed E-state index contributed by atoms with van der Waals surface area (Å²) in [5.41, 5.74) is 6.73. The lowest BCUT2D eigenvalue weighted by atomic mass is 10.1. The molecule has 1 aliphatic rings. The maximum atomic E-state index is 5.36. The van der Waals surface area contributed by atoms with Crippen molar-refractivity contribution in [2.75, 3.05) is 19.8 Å². The topological polar surface area (TPSA) is 35.2 Å². The molecular formula is C7H13NO. The number of hydrogen-bond donors (Lipinski definition) is 1. The van der Waals surface area contributed by atoms with Crippen LogP contribution >= 0.6 is 0 Å². The van der Waals surface area contributed by atoms with Gasteiger partial charge in [-0.05, 0) is 25.0 Å². The van der Waals surface area contributed by atoms with E-state index in [1.165, 1.54) is 5.57 Å². The van der Waals surface area contributed by atoms with Crippen LogP contribution in [-0.2, 0) is 4.74 Å². The number of rotatable bonds is 2. The minimum absolute atomic E-state index is 0.745. The molecule has 0 aliphatic carbocycles. The zero-order chi connectivity index (χ0) is 6.53. The van der Waals surface area contributed by atoms with Gasteiger partial charge in [0.05, 0.1) is 13.2 Å². The van der Waals surface area contributed by atoms with Crippen molar-refractivity contribution in [3.05, 3.63) is 11.6 Å². The second kappa shape index (κ2) is 3.64. The average Bonchev–Trinajstić information content (AvgIpc) is 1.91. The Balaban J connectivity index is 2.28. The molecular weight excluding hydrogens is 114 g/mol. The van der Waals surface area contributed by atoms with Gasteiger partial charge >= 0.3 is 0 Å². The predicted octanol–water partition coefficient (Wildman–Crippen LogP) is 0.682. The average molecular weight is 127 g/mol. The molecule has 0 spiro atoms. The van der Waals surface area contributed by atoms with Gasteiger partial charge in [0.2, 0.25) is 0 Å². The monoisotopic (exact) mass is 127 g/mol. The zero-order valence-electron chi connectivity index (χ0n) is 5.60. The fraction of sp³-hybridized carbons (Fsp3) is 0.714. The van der Waals surface area contributed by atoms with Crippen LogP contribution in [-0.4, -0.2) is 19.8 Å². The summed E-state index contributed by atoms with van der Waals surface area (Å²) in [6.45, 7) is 2.43. The quantitative estimate of drug-likeness (QED) is 0.554. The van der Waals surface area contributed by atoms with Crippen LogP contribution in [0.5, 0.6) is 0 Å². The summed E-state index contributed by atoms with van der Waals surface area (Å²) in [6.07, 6.45) is 4.30. The van der Waals surface area contributed by atoms with Crippen molar-refractivity contribution < 1.29 is 4.74 Å². The Bertz CT molecular complexity index is 109. The molecule has 0 bridgehead atoms. The summed E-state index contributed by atoms with van der Waals surface area (Å²) in [4.78, 5) is 0. The van der Waals surface area contributed by atoms with Gasteiger partial charge < -0.3 is 10.5 Å². The summed E-state index contributed by atoms with van der Waals surface area (Å²) >= 11 is 0. The minimum Gasteiger partial charge on any atom is -0.377 e. The summed E-state index contributed by atoms with van der Waals surface area (Å²) in [6, 6.07) is 0. The third-order valence-electron chi connectivity index (χ3n) is 1.45. The Kier molecular flexibility index (Phi) is 2.74. The maximum Gasteiger partial charge on any atom is 0.0677 e. The van der Waals surface area contributed by atoms with Gasteiger partial charge in [-0.15, -0.1) is 0 Å². The van der Waals surface area contributed by atoms with Gasteiger partial charge in [-0.1, -0.05) is 6.08 Å². The third-order valence-corrected chi connectivity index (χ3v) is 1.45. The SMILES string of the molecule is NCCC1=CCCOC1. The molecule has 1 heterocycles. The van der Waals surface area contributed by atoms with E-state index in [1.54, 1.807) is 0 Å². The van der Waals surface area contributed by atoms with Crippen LogP contribution in [0.4, 0.5) is 0 Å². The first kappa shape index (κ1) is 6.78. The van der Waals surface area contributed by atoms with Gasteiger partial charge in [0.25, 0.3) is 0 Å². The summed E-state index contributed by atoms with van der Waals surface area (Å²) in [5.74, 6) is 0. The van der Waals surface area contributed by atoms with E-state index in [4.69, 9.17) is 10.5 Å². The van der Waals surface area contributed by atoms with E-state index in [9.17, 15) is 0 Å². The van der Waals surface area contributed by atoms with E-state index in [0.717, 1.165) is 32.6 Å². The normalized spacial score (nSPS) is 19.4.